The second kappa shape index (κ2) is 8.20. The minimum atomic E-state index is 0.0531. The van der Waals surface area contributed by atoms with Gasteiger partial charge in [-0.3, -0.25) is 4.79 Å². The quantitative estimate of drug-likeness (QED) is 0.551. The molecule has 2 aromatic rings. The third kappa shape index (κ3) is 4.85. The third-order valence-electron chi connectivity index (χ3n) is 3.90. The molecule has 3 rings (SSSR count). The van der Waals surface area contributed by atoms with E-state index in [-0.39, 0.29) is 5.91 Å². The smallest absolute Gasteiger partial charge is 0.230 e. The molecule has 0 aliphatic heterocycles. The van der Waals surface area contributed by atoms with E-state index in [9.17, 15) is 4.79 Å². The van der Waals surface area contributed by atoms with Gasteiger partial charge in [-0.2, -0.15) is 0 Å². The van der Waals surface area contributed by atoms with Crippen LogP contribution in [0.15, 0.2) is 42.1 Å². The van der Waals surface area contributed by atoms with Gasteiger partial charge in [0.05, 0.1) is 12.9 Å². The number of carbonyl (C=O) groups is 1. The fourth-order valence-corrected chi connectivity index (χ4v) is 3.20. The van der Waals surface area contributed by atoms with Gasteiger partial charge in [0, 0.05) is 19.0 Å². The zero-order chi connectivity index (χ0) is 17.6. The van der Waals surface area contributed by atoms with E-state index in [2.05, 4.69) is 22.1 Å². The van der Waals surface area contributed by atoms with E-state index in [1.807, 2.05) is 34.9 Å². The van der Waals surface area contributed by atoms with Crippen LogP contribution in [0, 0.1) is 0 Å². The number of nitrogens with one attached hydrogen (secondary N) is 1. The lowest BCUT2D eigenvalue weighted by atomic mass is 10.1. The van der Waals surface area contributed by atoms with Crippen molar-refractivity contribution in [3.63, 3.8) is 0 Å². The maximum absolute atomic E-state index is 11.9. The minimum Gasteiger partial charge on any atom is -0.497 e. The van der Waals surface area contributed by atoms with Crippen molar-refractivity contribution in [1.82, 2.24) is 20.1 Å². The van der Waals surface area contributed by atoms with Crippen LogP contribution in [0.3, 0.4) is 0 Å². The lowest BCUT2D eigenvalue weighted by molar-refractivity contribution is -0.118. The summed E-state index contributed by atoms with van der Waals surface area (Å²) in [6.45, 7) is 4.43. The van der Waals surface area contributed by atoms with Crippen molar-refractivity contribution in [3.05, 3.63) is 48.3 Å². The van der Waals surface area contributed by atoms with Crippen molar-refractivity contribution >= 4 is 17.7 Å². The Hall–Kier alpha value is -2.28. The number of allylic oxidation sites excluding steroid dienone is 1. The van der Waals surface area contributed by atoms with Crippen LogP contribution < -0.4 is 10.1 Å². The molecule has 0 radical (unpaired) electrons. The highest BCUT2D eigenvalue weighted by Crippen LogP contribution is 2.22. The SMILES string of the molecule is C=CCn1c(Cc2ccc(OC)cc2)nnc1SCC(=O)NC1CC1. The molecular formula is C18H22N4O2S. The molecule has 1 amide bonds. The highest BCUT2D eigenvalue weighted by molar-refractivity contribution is 7.99. The molecule has 1 fully saturated rings. The molecule has 0 atom stereocenters. The van der Waals surface area contributed by atoms with Crippen molar-refractivity contribution in [2.45, 2.75) is 37.0 Å². The first-order valence-electron chi connectivity index (χ1n) is 8.27. The lowest BCUT2D eigenvalue weighted by Crippen LogP contribution is -2.27. The Labute approximate surface area is 151 Å². The molecular weight excluding hydrogens is 336 g/mol. The Bertz CT molecular complexity index is 738. The van der Waals surface area contributed by atoms with Crippen LogP contribution in [0.5, 0.6) is 5.75 Å². The van der Waals surface area contributed by atoms with E-state index >= 15 is 0 Å². The Kier molecular flexibility index (Phi) is 5.75. The van der Waals surface area contributed by atoms with Gasteiger partial charge >= 0.3 is 0 Å². The summed E-state index contributed by atoms with van der Waals surface area (Å²) in [7, 11) is 1.65. The van der Waals surface area contributed by atoms with E-state index < -0.39 is 0 Å². The summed E-state index contributed by atoms with van der Waals surface area (Å²) >= 11 is 1.41. The number of carbonyl (C=O) groups excluding carboxylic acids is 1. The molecule has 0 saturated heterocycles. The highest BCUT2D eigenvalue weighted by atomic mass is 32.2. The Morgan fingerprint density at radius 2 is 2.16 bits per heavy atom. The van der Waals surface area contributed by atoms with Gasteiger partial charge in [-0.15, -0.1) is 16.8 Å². The minimum absolute atomic E-state index is 0.0531. The zero-order valence-corrected chi connectivity index (χ0v) is 15.1. The number of rotatable bonds is 9. The molecule has 1 aliphatic carbocycles. The average Bonchev–Trinajstić information content (AvgIpc) is 3.36. The molecule has 1 heterocycles. The maximum atomic E-state index is 11.9. The van der Waals surface area contributed by atoms with E-state index in [0.29, 0.717) is 24.8 Å². The number of ether oxygens (including phenoxy) is 1. The van der Waals surface area contributed by atoms with Crippen molar-refractivity contribution in [2.75, 3.05) is 12.9 Å². The number of hydrogen-bond donors (Lipinski definition) is 1. The molecule has 6 nitrogen and oxygen atoms in total. The molecule has 1 aromatic heterocycles. The van der Waals surface area contributed by atoms with Gasteiger partial charge in [0.2, 0.25) is 5.91 Å². The molecule has 7 heteroatoms. The fraction of sp³-hybridized carbons (Fsp3) is 0.389. The Morgan fingerprint density at radius 3 is 2.80 bits per heavy atom. The van der Waals surface area contributed by atoms with Gasteiger partial charge in [0.25, 0.3) is 0 Å². The molecule has 1 aliphatic rings. The molecule has 1 saturated carbocycles. The molecule has 1 N–H and O–H groups in total. The molecule has 1 aromatic carbocycles. The molecule has 0 bridgehead atoms. The number of aromatic nitrogens is 3. The van der Waals surface area contributed by atoms with Crippen molar-refractivity contribution in [1.29, 1.82) is 0 Å². The molecule has 132 valence electrons. The fourth-order valence-electron chi connectivity index (χ4n) is 2.42. The number of amides is 1. The summed E-state index contributed by atoms with van der Waals surface area (Å²) in [6.07, 6.45) is 4.67. The average molecular weight is 358 g/mol. The van der Waals surface area contributed by atoms with Crippen LogP contribution in [0.1, 0.15) is 24.2 Å². The summed E-state index contributed by atoms with van der Waals surface area (Å²) in [4.78, 5) is 11.9. The normalized spacial score (nSPS) is 13.5. The monoisotopic (exact) mass is 358 g/mol. The number of nitrogens with zero attached hydrogens (tertiary/aromatic N) is 3. The van der Waals surface area contributed by atoms with Crippen LogP contribution in [-0.2, 0) is 17.8 Å². The predicted octanol–water partition coefficient (Wildman–Crippen LogP) is 2.43. The number of thioether (sulfide) groups is 1. The van der Waals surface area contributed by atoms with Crippen LogP contribution >= 0.6 is 11.8 Å². The summed E-state index contributed by atoms with van der Waals surface area (Å²) in [5.74, 6) is 2.09. The van der Waals surface area contributed by atoms with Crippen LogP contribution in [0.2, 0.25) is 0 Å². The number of benzene rings is 1. The first-order valence-corrected chi connectivity index (χ1v) is 9.26. The van der Waals surface area contributed by atoms with Gasteiger partial charge in [-0.1, -0.05) is 30.0 Å². The van der Waals surface area contributed by atoms with Gasteiger partial charge in [-0.25, -0.2) is 0 Å². The van der Waals surface area contributed by atoms with Crippen molar-refractivity contribution in [2.24, 2.45) is 0 Å². The van der Waals surface area contributed by atoms with Crippen LogP contribution in [0.4, 0.5) is 0 Å². The Balaban J connectivity index is 1.66. The number of methoxy groups -OCH3 is 1. The van der Waals surface area contributed by atoms with E-state index in [1.165, 1.54) is 11.8 Å². The van der Waals surface area contributed by atoms with Crippen LogP contribution in [-0.4, -0.2) is 39.6 Å². The van der Waals surface area contributed by atoms with E-state index in [1.54, 1.807) is 7.11 Å². The predicted molar refractivity (Wildman–Crippen MR) is 97.9 cm³/mol. The summed E-state index contributed by atoms with van der Waals surface area (Å²) in [5.41, 5.74) is 1.13. The van der Waals surface area contributed by atoms with Gasteiger partial charge < -0.3 is 14.6 Å². The second-order valence-corrected chi connectivity index (χ2v) is 6.90. The summed E-state index contributed by atoms with van der Waals surface area (Å²) in [6, 6.07) is 8.27. The van der Waals surface area contributed by atoms with Crippen molar-refractivity contribution in [3.8, 4) is 5.75 Å². The standard InChI is InChI=1S/C18H22N4O2S/c1-3-10-22-16(11-13-4-8-15(24-2)9-5-13)20-21-18(22)25-12-17(23)19-14-6-7-14/h3-5,8-9,14H,1,6-7,10-12H2,2H3,(H,19,23). The summed E-state index contributed by atoms with van der Waals surface area (Å²) in [5, 5.41) is 12.3. The highest BCUT2D eigenvalue weighted by Gasteiger charge is 2.23. The first kappa shape index (κ1) is 17.5. The van der Waals surface area contributed by atoms with Crippen molar-refractivity contribution < 1.29 is 9.53 Å². The summed E-state index contributed by atoms with van der Waals surface area (Å²) < 4.78 is 7.19. The largest absolute Gasteiger partial charge is 0.497 e. The molecule has 25 heavy (non-hydrogen) atoms. The van der Waals surface area contributed by atoms with Gasteiger partial charge in [-0.05, 0) is 30.5 Å². The number of hydrogen-bond acceptors (Lipinski definition) is 5. The molecule has 0 spiro atoms. The van der Waals surface area contributed by atoms with E-state index in [0.717, 1.165) is 35.1 Å². The topological polar surface area (TPSA) is 69.0 Å². The Morgan fingerprint density at radius 1 is 1.40 bits per heavy atom. The molecule has 0 unspecified atom stereocenters. The lowest BCUT2D eigenvalue weighted by Gasteiger charge is -2.08. The van der Waals surface area contributed by atoms with E-state index in [4.69, 9.17) is 4.74 Å². The second-order valence-electron chi connectivity index (χ2n) is 5.95. The third-order valence-corrected chi connectivity index (χ3v) is 4.87. The van der Waals surface area contributed by atoms with Crippen LogP contribution in [0.25, 0.3) is 0 Å². The van der Waals surface area contributed by atoms with Gasteiger partial charge in [0.15, 0.2) is 5.16 Å². The zero-order valence-electron chi connectivity index (χ0n) is 14.3. The van der Waals surface area contributed by atoms with Gasteiger partial charge in [0.1, 0.15) is 11.6 Å². The maximum Gasteiger partial charge on any atom is 0.230 e. The first-order chi connectivity index (χ1) is 12.2.